The smallest absolute Gasteiger partial charge is 0.119 e. The molecule has 0 fully saturated rings. The first-order valence-corrected chi connectivity index (χ1v) is 7.40. The summed E-state index contributed by atoms with van der Waals surface area (Å²) >= 11 is 0. The summed E-state index contributed by atoms with van der Waals surface area (Å²) in [7, 11) is 0. The number of benzene rings is 2. The maximum atomic E-state index is 10.1. The number of aliphatic hydroxyl groups excluding tert-OH is 1. The monoisotopic (exact) mass is 285 g/mol. The van der Waals surface area contributed by atoms with Gasteiger partial charge in [-0.15, -0.1) is 0 Å². The fraction of sp³-hybridized carbons (Fsp3) is 0.333. The molecular weight excluding hydrogens is 262 g/mol. The zero-order valence-corrected chi connectivity index (χ0v) is 12.5. The molecule has 2 rings (SSSR count). The Bertz CT molecular complexity index is 501. The molecule has 0 saturated carbocycles. The highest BCUT2D eigenvalue weighted by atomic mass is 16.5. The molecule has 0 aliphatic heterocycles. The highest BCUT2D eigenvalue weighted by Crippen LogP contribution is 2.09. The third-order valence-corrected chi connectivity index (χ3v) is 3.35. The predicted octanol–water partition coefficient (Wildman–Crippen LogP) is 2.95. The van der Waals surface area contributed by atoms with E-state index >= 15 is 0 Å². The molecular formula is C18H23NO2. The molecule has 2 aromatic rings. The van der Waals surface area contributed by atoms with E-state index in [2.05, 4.69) is 24.0 Å². The van der Waals surface area contributed by atoms with Crippen molar-refractivity contribution in [2.24, 2.45) is 0 Å². The van der Waals surface area contributed by atoms with Gasteiger partial charge in [-0.25, -0.2) is 0 Å². The van der Waals surface area contributed by atoms with Crippen molar-refractivity contribution in [1.82, 2.24) is 4.90 Å². The van der Waals surface area contributed by atoms with Crippen molar-refractivity contribution < 1.29 is 9.84 Å². The van der Waals surface area contributed by atoms with Crippen molar-refractivity contribution in [2.75, 3.05) is 19.7 Å². The Kier molecular flexibility index (Phi) is 6.25. The molecule has 21 heavy (non-hydrogen) atoms. The standard InChI is InChI=1S/C18H23NO2/c1-2-19(13-16-9-5-3-6-10-16)14-17(20)15-21-18-11-7-4-8-12-18/h3-12,17,20H,2,13-15H2,1H3/t17-/m0/s1. The lowest BCUT2D eigenvalue weighted by molar-refractivity contribution is 0.0675. The number of likely N-dealkylation sites (N-methyl/N-ethyl adjacent to an activating group) is 1. The van der Waals surface area contributed by atoms with Crippen LogP contribution in [0.3, 0.4) is 0 Å². The Balaban J connectivity index is 1.78. The lowest BCUT2D eigenvalue weighted by atomic mass is 10.2. The van der Waals surface area contributed by atoms with E-state index in [-0.39, 0.29) is 0 Å². The second-order valence-electron chi connectivity index (χ2n) is 5.09. The molecule has 0 unspecified atom stereocenters. The van der Waals surface area contributed by atoms with E-state index in [1.165, 1.54) is 5.56 Å². The minimum Gasteiger partial charge on any atom is -0.491 e. The van der Waals surface area contributed by atoms with Crippen LogP contribution in [0.5, 0.6) is 5.75 Å². The van der Waals surface area contributed by atoms with Gasteiger partial charge >= 0.3 is 0 Å². The molecule has 0 spiro atoms. The molecule has 0 aliphatic carbocycles. The molecule has 1 atom stereocenters. The van der Waals surface area contributed by atoms with E-state index in [1.807, 2.05) is 48.5 Å². The average Bonchev–Trinajstić information content (AvgIpc) is 2.54. The van der Waals surface area contributed by atoms with Gasteiger partial charge in [0.15, 0.2) is 0 Å². The van der Waals surface area contributed by atoms with Gasteiger partial charge in [-0.3, -0.25) is 4.90 Å². The van der Waals surface area contributed by atoms with Crippen LogP contribution in [-0.2, 0) is 6.54 Å². The zero-order valence-electron chi connectivity index (χ0n) is 12.5. The molecule has 0 radical (unpaired) electrons. The molecule has 1 N–H and O–H groups in total. The summed E-state index contributed by atoms with van der Waals surface area (Å²) in [6.07, 6.45) is -0.492. The Hall–Kier alpha value is -1.84. The van der Waals surface area contributed by atoms with Crippen LogP contribution in [0.25, 0.3) is 0 Å². The van der Waals surface area contributed by atoms with Crippen LogP contribution in [0, 0.1) is 0 Å². The first-order valence-electron chi connectivity index (χ1n) is 7.40. The van der Waals surface area contributed by atoms with E-state index in [0.717, 1.165) is 18.8 Å². The Morgan fingerprint density at radius 1 is 1.00 bits per heavy atom. The number of hydrogen-bond donors (Lipinski definition) is 1. The molecule has 2 aromatic carbocycles. The van der Waals surface area contributed by atoms with Crippen molar-refractivity contribution in [3.05, 3.63) is 66.2 Å². The first-order chi connectivity index (χ1) is 10.3. The number of rotatable bonds is 8. The van der Waals surface area contributed by atoms with E-state index in [4.69, 9.17) is 4.74 Å². The summed E-state index contributed by atoms with van der Waals surface area (Å²) < 4.78 is 5.59. The van der Waals surface area contributed by atoms with E-state index < -0.39 is 6.10 Å². The maximum absolute atomic E-state index is 10.1. The normalized spacial score (nSPS) is 12.3. The SMILES string of the molecule is CCN(Cc1ccccc1)C[C@H](O)COc1ccccc1. The van der Waals surface area contributed by atoms with Gasteiger partial charge in [0.2, 0.25) is 0 Å². The van der Waals surface area contributed by atoms with E-state index in [1.54, 1.807) is 0 Å². The summed E-state index contributed by atoms with van der Waals surface area (Å²) in [5, 5.41) is 10.1. The topological polar surface area (TPSA) is 32.7 Å². The fourth-order valence-electron chi connectivity index (χ4n) is 2.21. The van der Waals surface area contributed by atoms with Crippen molar-refractivity contribution in [2.45, 2.75) is 19.6 Å². The molecule has 0 bridgehead atoms. The molecule has 112 valence electrons. The highest BCUT2D eigenvalue weighted by molar-refractivity contribution is 5.20. The summed E-state index contributed by atoms with van der Waals surface area (Å²) in [5.41, 5.74) is 1.26. The third kappa shape index (κ3) is 5.58. The van der Waals surface area contributed by atoms with Crippen molar-refractivity contribution in [3.8, 4) is 5.75 Å². The van der Waals surface area contributed by atoms with Crippen LogP contribution in [0.1, 0.15) is 12.5 Å². The Morgan fingerprint density at radius 2 is 1.62 bits per heavy atom. The zero-order chi connectivity index (χ0) is 14.9. The van der Waals surface area contributed by atoms with Gasteiger partial charge in [0, 0.05) is 13.1 Å². The lowest BCUT2D eigenvalue weighted by Crippen LogP contribution is -2.35. The number of nitrogens with zero attached hydrogens (tertiary/aromatic N) is 1. The second-order valence-corrected chi connectivity index (χ2v) is 5.09. The summed E-state index contributed by atoms with van der Waals surface area (Å²) in [4.78, 5) is 2.22. The first kappa shape index (κ1) is 15.5. The summed E-state index contributed by atoms with van der Waals surface area (Å²) in [6, 6.07) is 19.9. The lowest BCUT2D eigenvalue weighted by Gasteiger charge is -2.23. The maximum Gasteiger partial charge on any atom is 0.119 e. The molecule has 0 heterocycles. The molecule has 0 aliphatic rings. The van der Waals surface area contributed by atoms with Crippen LogP contribution >= 0.6 is 0 Å². The van der Waals surface area contributed by atoms with Crippen LogP contribution in [-0.4, -0.2) is 35.8 Å². The molecule has 0 aromatic heterocycles. The Labute approximate surface area is 126 Å². The van der Waals surface area contributed by atoms with Gasteiger partial charge in [-0.1, -0.05) is 55.5 Å². The van der Waals surface area contributed by atoms with Gasteiger partial charge in [0.1, 0.15) is 18.5 Å². The molecule has 0 saturated heterocycles. The van der Waals surface area contributed by atoms with Crippen molar-refractivity contribution in [3.63, 3.8) is 0 Å². The number of para-hydroxylation sites is 1. The van der Waals surface area contributed by atoms with Crippen LogP contribution in [0.4, 0.5) is 0 Å². The van der Waals surface area contributed by atoms with Gasteiger partial charge < -0.3 is 9.84 Å². The largest absolute Gasteiger partial charge is 0.491 e. The van der Waals surface area contributed by atoms with Crippen LogP contribution < -0.4 is 4.74 Å². The van der Waals surface area contributed by atoms with E-state index in [0.29, 0.717) is 13.2 Å². The molecule has 3 heteroatoms. The van der Waals surface area contributed by atoms with Crippen LogP contribution in [0.15, 0.2) is 60.7 Å². The van der Waals surface area contributed by atoms with Crippen molar-refractivity contribution >= 4 is 0 Å². The minimum atomic E-state index is -0.492. The van der Waals surface area contributed by atoms with Gasteiger partial charge in [-0.2, -0.15) is 0 Å². The molecule has 0 amide bonds. The van der Waals surface area contributed by atoms with Gasteiger partial charge in [0.05, 0.1) is 0 Å². The van der Waals surface area contributed by atoms with Crippen molar-refractivity contribution in [1.29, 1.82) is 0 Å². The minimum absolute atomic E-state index is 0.315. The van der Waals surface area contributed by atoms with Crippen LogP contribution in [0.2, 0.25) is 0 Å². The summed E-state index contributed by atoms with van der Waals surface area (Å²) in [6.45, 7) is 4.78. The van der Waals surface area contributed by atoms with E-state index in [9.17, 15) is 5.11 Å². The fourth-order valence-corrected chi connectivity index (χ4v) is 2.21. The second kappa shape index (κ2) is 8.45. The number of ether oxygens (including phenoxy) is 1. The third-order valence-electron chi connectivity index (χ3n) is 3.35. The van der Waals surface area contributed by atoms with Gasteiger partial charge in [0.25, 0.3) is 0 Å². The Morgan fingerprint density at radius 3 is 2.24 bits per heavy atom. The average molecular weight is 285 g/mol. The number of hydrogen-bond acceptors (Lipinski definition) is 3. The van der Waals surface area contributed by atoms with Gasteiger partial charge in [-0.05, 0) is 24.2 Å². The quantitative estimate of drug-likeness (QED) is 0.809. The summed E-state index contributed by atoms with van der Waals surface area (Å²) in [5.74, 6) is 0.794. The predicted molar refractivity (Wildman–Crippen MR) is 85.3 cm³/mol. The molecule has 3 nitrogen and oxygen atoms in total. The highest BCUT2D eigenvalue weighted by Gasteiger charge is 2.11. The number of aliphatic hydroxyl groups is 1.